The van der Waals surface area contributed by atoms with Gasteiger partial charge in [-0.25, -0.2) is 9.18 Å². The first-order valence-corrected chi connectivity index (χ1v) is 12.3. The van der Waals surface area contributed by atoms with E-state index in [1.165, 1.54) is 34.1 Å². The molecule has 0 spiro atoms. The van der Waals surface area contributed by atoms with Gasteiger partial charge in [0.05, 0.1) is 19.2 Å². The Bertz CT molecular complexity index is 1190. The molecule has 0 saturated heterocycles. The van der Waals surface area contributed by atoms with Gasteiger partial charge in [0.15, 0.2) is 10.9 Å². The number of aryl methyl sites for hydroxylation is 1. The van der Waals surface area contributed by atoms with Crippen LogP contribution in [0.25, 0.3) is 0 Å². The molecule has 0 amide bonds. The first kappa shape index (κ1) is 23.9. The van der Waals surface area contributed by atoms with Crippen molar-refractivity contribution in [3.8, 4) is 0 Å². The summed E-state index contributed by atoms with van der Waals surface area (Å²) in [5.41, 5.74) is 1.89. The molecular weight excluding hydrogens is 506 g/mol. The van der Waals surface area contributed by atoms with Crippen molar-refractivity contribution < 1.29 is 13.9 Å². The van der Waals surface area contributed by atoms with Crippen molar-refractivity contribution in [3.05, 3.63) is 61.8 Å². The molecule has 33 heavy (non-hydrogen) atoms. The fourth-order valence-corrected chi connectivity index (χ4v) is 5.76. The van der Waals surface area contributed by atoms with Crippen LogP contribution in [-0.2, 0) is 24.1 Å². The quantitative estimate of drug-likeness (QED) is 0.231. The summed E-state index contributed by atoms with van der Waals surface area (Å²) >= 11 is 19.4. The fourth-order valence-electron chi connectivity index (χ4n) is 3.80. The molecule has 0 radical (unpaired) electrons. The van der Waals surface area contributed by atoms with Gasteiger partial charge in [0, 0.05) is 21.7 Å². The van der Waals surface area contributed by atoms with Crippen LogP contribution in [0, 0.1) is 5.82 Å². The van der Waals surface area contributed by atoms with Crippen molar-refractivity contribution in [2.45, 2.75) is 38.6 Å². The lowest BCUT2D eigenvalue weighted by Crippen LogP contribution is -2.21. The highest BCUT2D eigenvalue weighted by Crippen LogP contribution is 2.38. The molecule has 1 aliphatic carbocycles. The number of fused-ring (bicyclic) bond motifs is 1. The lowest BCUT2D eigenvalue weighted by Gasteiger charge is -2.10. The number of benzene rings is 1. The topological polar surface area (TPSA) is 68.2 Å². The van der Waals surface area contributed by atoms with Gasteiger partial charge in [-0.3, -0.25) is 4.68 Å². The zero-order valence-corrected chi connectivity index (χ0v) is 20.9. The van der Waals surface area contributed by atoms with Gasteiger partial charge in [-0.05, 0) is 55.6 Å². The van der Waals surface area contributed by atoms with Crippen molar-refractivity contribution in [2.75, 3.05) is 17.7 Å². The number of anilines is 2. The van der Waals surface area contributed by atoms with Crippen molar-refractivity contribution in [1.29, 1.82) is 0 Å². The van der Waals surface area contributed by atoms with Crippen LogP contribution in [0.1, 0.15) is 45.6 Å². The molecule has 0 unspecified atom stereocenters. The number of thiocarbonyl (C=S) groups is 1. The molecule has 2 N–H and O–H groups in total. The number of thiophene rings is 1. The molecule has 0 saturated carbocycles. The summed E-state index contributed by atoms with van der Waals surface area (Å²) in [6.07, 6.45) is 6.60. The summed E-state index contributed by atoms with van der Waals surface area (Å²) in [4.78, 5) is 13.7. The molecule has 6 nitrogen and oxygen atoms in total. The van der Waals surface area contributed by atoms with E-state index in [1.54, 1.807) is 18.3 Å². The average Bonchev–Trinajstić information content (AvgIpc) is 3.19. The summed E-state index contributed by atoms with van der Waals surface area (Å²) in [5, 5.41) is 11.9. The number of hydrogen-bond donors (Lipinski definition) is 2. The van der Waals surface area contributed by atoms with E-state index in [1.807, 2.05) is 0 Å². The predicted molar refractivity (Wildman–Crippen MR) is 135 cm³/mol. The third-order valence-electron chi connectivity index (χ3n) is 5.37. The molecule has 4 rings (SSSR count). The van der Waals surface area contributed by atoms with E-state index in [0.29, 0.717) is 32.0 Å². The van der Waals surface area contributed by atoms with Crippen LogP contribution < -0.4 is 10.6 Å². The number of ether oxygens (including phenoxy) is 1. The SMILES string of the molecule is COC(=O)c1c(NC(=S)Nc2nn(Cc3c(F)cccc3Cl)cc2Cl)sc2c1CCCCC2. The molecule has 1 aromatic carbocycles. The summed E-state index contributed by atoms with van der Waals surface area (Å²) in [7, 11) is 1.37. The smallest absolute Gasteiger partial charge is 0.341 e. The predicted octanol–water partition coefficient (Wildman–Crippen LogP) is 6.30. The maximum atomic E-state index is 14.1. The van der Waals surface area contributed by atoms with Gasteiger partial charge in [0.1, 0.15) is 15.8 Å². The molecule has 2 heterocycles. The van der Waals surface area contributed by atoms with Crippen molar-refractivity contribution in [1.82, 2.24) is 9.78 Å². The van der Waals surface area contributed by atoms with Gasteiger partial charge in [-0.1, -0.05) is 35.7 Å². The monoisotopic (exact) mass is 526 g/mol. The Balaban J connectivity index is 1.51. The minimum atomic E-state index is -0.423. The van der Waals surface area contributed by atoms with E-state index in [9.17, 15) is 9.18 Å². The van der Waals surface area contributed by atoms with Gasteiger partial charge in [0.2, 0.25) is 0 Å². The minimum absolute atomic E-state index is 0.108. The van der Waals surface area contributed by atoms with E-state index in [4.69, 9.17) is 40.2 Å². The van der Waals surface area contributed by atoms with E-state index < -0.39 is 5.82 Å². The third kappa shape index (κ3) is 5.32. The molecule has 0 fully saturated rings. The summed E-state index contributed by atoms with van der Waals surface area (Å²) in [5.74, 6) is -0.503. The van der Waals surface area contributed by atoms with Gasteiger partial charge >= 0.3 is 5.97 Å². The Morgan fingerprint density at radius 1 is 1.24 bits per heavy atom. The van der Waals surface area contributed by atoms with Gasteiger partial charge in [-0.2, -0.15) is 5.10 Å². The normalized spacial score (nSPS) is 13.2. The molecule has 174 valence electrons. The second-order valence-electron chi connectivity index (χ2n) is 7.56. The number of esters is 1. The molecule has 3 aromatic rings. The van der Waals surface area contributed by atoms with Gasteiger partial charge in [0.25, 0.3) is 0 Å². The highest BCUT2D eigenvalue weighted by Gasteiger charge is 2.26. The average molecular weight is 527 g/mol. The third-order valence-corrected chi connectivity index (χ3v) is 7.41. The number of aromatic nitrogens is 2. The Hall–Kier alpha value is -2.20. The second-order valence-corrected chi connectivity index (χ2v) is 9.89. The van der Waals surface area contributed by atoms with E-state index in [0.717, 1.165) is 37.7 Å². The van der Waals surface area contributed by atoms with Crippen LogP contribution >= 0.6 is 46.8 Å². The molecule has 0 aliphatic heterocycles. The van der Waals surface area contributed by atoms with E-state index in [-0.39, 0.29) is 17.6 Å². The molecule has 0 bridgehead atoms. The maximum absolute atomic E-state index is 14.1. The zero-order valence-electron chi connectivity index (χ0n) is 17.7. The number of nitrogens with zero attached hydrogens (tertiary/aromatic N) is 2. The minimum Gasteiger partial charge on any atom is -0.465 e. The van der Waals surface area contributed by atoms with Crippen LogP contribution in [0.4, 0.5) is 15.2 Å². The lowest BCUT2D eigenvalue weighted by atomic mass is 10.1. The van der Waals surface area contributed by atoms with Gasteiger partial charge in [-0.15, -0.1) is 11.3 Å². The van der Waals surface area contributed by atoms with Crippen LogP contribution in [-0.4, -0.2) is 28.0 Å². The summed E-state index contributed by atoms with van der Waals surface area (Å²) < 4.78 is 20.6. The highest BCUT2D eigenvalue weighted by molar-refractivity contribution is 7.80. The van der Waals surface area contributed by atoms with Crippen LogP contribution in [0.3, 0.4) is 0 Å². The first-order chi connectivity index (χ1) is 15.9. The van der Waals surface area contributed by atoms with E-state index >= 15 is 0 Å². The van der Waals surface area contributed by atoms with E-state index in [2.05, 4.69) is 15.7 Å². The standard InChI is InChI=1S/C22H21Cl2FN4O2S2/c1-31-21(30)18-12-6-3-2-4-9-17(12)33-20(18)27-22(32)26-19-15(24)11-29(28-19)10-13-14(23)7-5-8-16(13)25/h5,7-8,11H,2-4,6,9-10H2,1H3,(H2,26,27,28,32). The first-order valence-electron chi connectivity index (χ1n) is 10.3. The Labute approximate surface area is 210 Å². The lowest BCUT2D eigenvalue weighted by molar-refractivity contribution is 0.0601. The van der Waals surface area contributed by atoms with Crippen LogP contribution in [0.5, 0.6) is 0 Å². The van der Waals surface area contributed by atoms with Gasteiger partial charge < -0.3 is 15.4 Å². The molecule has 2 aromatic heterocycles. The Kier molecular flexibility index (Phi) is 7.53. The van der Waals surface area contributed by atoms with Crippen LogP contribution in [0.15, 0.2) is 24.4 Å². The van der Waals surface area contributed by atoms with Crippen molar-refractivity contribution in [2.24, 2.45) is 0 Å². The number of halogens is 3. The number of nitrogens with one attached hydrogen (secondary N) is 2. The largest absolute Gasteiger partial charge is 0.465 e. The molecule has 11 heteroatoms. The van der Waals surface area contributed by atoms with Crippen LogP contribution in [0.2, 0.25) is 10.0 Å². The number of carbonyl (C=O) groups excluding carboxylic acids is 1. The fraction of sp³-hybridized carbons (Fsp3) is 0.318. The number of hydrogen-bond acceptors (Lipinski definition) is 5. The Morgan fingerprint density at radius 2 is 2.03 bits per heavy atom. The maximum Gasteiger partial charge on any atom is 0.341 e. The zero-order chi connectivity index (χ0) is 23.5. The van der Waals surface area contributed by atoms with Crippen molar-refractivity contribution in [3.63, 3.8) is 0 Å². The van der Waals surface area contributed by atoms with Crippen molar-refractivity contribution >= 4 is 68.7 Å². The number of rotatable bonds is 5. The Morgan fingerprint density at radius 3 is 2.79 bits per heavy atom. The highest BCUT2D eigenvalue weighted by atomic mass is 35.5. The second kappa shape index (κ2) is 10.4. The molecule has 0 atom stereocenters. The molecule has 1 aliphatic rings. The molecular formula is C22H21Cl2FN4O2S2. The number of methoxy groups -OCH3 is 1. The number of carbonyl (C=O) groups is 1. The summed E-state index contributed by atoms with van der Waals surface area (Å²) in [6.45, 7) is 0.108. The summed E-state index contributed by atoms with van der Waals surface area (Å²) in [6, 6.07) is 4.50.